The smallest absolute Gasteiger partial charge is 0.318 e. The highest BCUT2D eigenvalue weighted by atomic mass is 35.5. The van der Waals surface area contributed by atoms with Crippen molar-refractivity contribution in [3.05, 3.63) is 34.3 Å². The molecule has 0 N–H and O–H groups in total. The van der Waals surface area contributed by atoms with E-state index in [1.54, 1.807) is 7.05 Å². The zero-order valence-electron chi connectivity index (χ0n) is 10.0. The molecule has 1 fully saturated rings. The van der Waals surface area contributed by atoms with Crippen LogP contribution in [0.25, 0.3) is 0 Å². The lowest BCUT2D eigenvalue weighted by Crippen LogP contribution is -2.41. The van der Waals surface area contributed by atoms with Crippen LogP contribution in [-0.4, -0.2) is 41.4 Å². The van der Waals surface area contributed by atoms with Crippen LogP contribution in [0.5, 0.6) is 0 Å². The molecule has 1 atom stereocenters. The van der Waals surface area contributed by atoms with Crippen molar-refractivity contribution >= 4 is 23.5 Å². The molecule has 1 aliphatic carbocycles. The van der Waals surface area contributed by atoms with E-state index in [0.29, 0.717) is 11.4 Å². The molecule has 0 bridgehead atoms. The number of rotatable bonds is 1. The van der Waals surface area contributed by atoms with Crippen LogP contribution in [0.4, 0.5) is 4.79 Å². The van der Waals surface area contributed by atoms with Crippen LogP contribution < -0.4 is 0 Å². The fraction of sp³-hybridized carbons (Fsp3) is 0.385. The predicted octanol–water partition coefficient (Wildman–Crippen LogP) is 1.70. The lowest BCUT2D eigenvalue weighted by molar-refractivity contribution is -0.126. The second kappa shape index (κ2) is 3.99. The van der Waals surface area contributed by atoms with E-state index in [-0.39, 0.29) is 24.5 Å². The molecule has 2 aliphatic rings. The molecule has 94 valence electrons. The zero-order chi connectivity index (χ0) is 12.9. The number of nitrogens with zero attached hydrogens (tertiary/aromatic N) is 2. The number of hydrogen-bond acceptors (Lipinski definition) is 2. The van der Waals surface area contributed by atoms with Crippen molar-refractivity contribution in [2.75, 3.05) is 13.6 Å². The highest BCUT2D eigenvalue weighted by molar-refractivity contribution is 6.30. The summed E-state index contributed by atoms with van der Waals surface area (Å²) in [6.07, 6.45) is 1.44. The van der Waals surface area contributed by atoms with Crippen LogP contribution in [-0.2, 0) is 17.6 Å². The maximum absolute atomic E-state index is 11.9. The highest BCUT2D eigenvalue weighted by Gasteiger charge is 2.40. The Morgan fingerprint density at radius 3 is 2.61 bits per heavy atom. The molecule has 4 nitrogen and oxygen atoms in total. The number of imide groups is 1. The van der Waals surface area contributed by atoms with Gasteiger partial charge in [-0.15, -0.1) is 0 Å². The Labute approximate surface area is 110 Å². The molecular weight excluding hydrogens is 252 g/mol. The summed E-state index contributed by atoms with van der Waals surface area (Å²) in [6, 6.07) is 5.51. The number of halogens is 1. The van der Waals surface area contributed by atoms with E-state index in [4.69, 9.17) is 11.6 Å². The molecule has 0 radical (unpaired) electrons. The lowest BCUT2D eigenvalue weighted by atomic mass is 10.1. The Hall–Kier alpha value is -1.55. The summed E-state index contributed by atoms with van der Waals surface area (Å²) < 4.78 is 0. The average molecular weight is 265 g/mol. The zero-order valence-corrected chi connectivity index (χ0v) is 10.8. The molecule has 1 aromatic rings. The second-order valence-electron chi connectivity index (χ2n) is 4.88. The normalized spacial score (nSPS) is 22.9. The number of carbonyl (C=O) groups excluding carboxylic acids is 2. The molecule has 18 heavy (non-hydrogen) atoms. The van der Waals surface area contributed by atoms with Crippen LogP contribution in [0, 0.1) is 0 Å². The summed E-state index contributed by atoms with van der Waals surface area (Å²) in [6.45, 7) is 0.187. The first-order chi connectivity index (χ1) is 8.56. The van der Waals surface area contributed by atoms with Gasteiger partial charge in [0.2, 0.25) is 0 Å². The number of benzene rings is 1. The Kier molecular flexibility index (Phi) is 2.55. The largest absolute Gasteiger partial charge is 0.327 e. The van der Waals surface area contributed by atoms with E-state index in [0.717, 1.165) is 12.0 Å². The third-order valence-corrected chi connectivity index (χ3v) is 3.85. The monoisotopic (exact) mass is 264 g/mol. The van der Waals surface area contributed by atoms with Crippen LogP contribution >= 0.6 is 11.6 Å². The van der Waals surface area contributed by atoms with Crippen LogP contribution in [0.15, 0.2) is 18.2 Å². The minimum absolute atomic E-state index is 0.0524. The lowest BCUT2D eigenvalue weighted by Gasteiger charge is -2.21. The van der Waals surface area contributed by atoms with Crippen molar-refractivity contribution < 1.29 is 9.59 Å². The standard InChI is InChI=1S/C13H13ClN2O2/c1-15-7-12(17)16(13(15)18)11-5-8-2-3-10(14)4-9(8)6-11/h2-4,11H,5-7H2,1H3. The van der Waals surface area contributed by atoms with E-state index in [9.17, 15) is 9.59 Å². The first-order valence-corrected chi connectivity index (χ1v) is 6.28. The molecule has 5 heteroatoms. The quantitative estimate of drug-likeness (QED) is 0.725. The van der Waals surface area contributed by atoms with Gasteiger partial charge in [-0.1, -0.05) is 17.7 Å². The molecule has 1 saturated heterocycles. The number of carbonyl (C=O) groups is 2. The number of hydrogen-bond donors (Lipinski definition) is 0. The Balaban J connectivity index is 1.86. The van der Waals surface area contributed by atoms with Gasteiger partial charge in [0.1, 0.15) is 6.54 Å². The van der Waals surface area contributed by atoms with Gasteiger partial charge in [0.25, 0.3) is 5.91 Å². The minimum Gasteiger partial charge on any atom is -0.318 e. The molecule has 3 amide bonds. The topological polar surface area (TPSA) is 40.6 Å². The summed E-state index contributed by atoms with van der Waals surface area (Å²) in [5.74, 6) is -0.105. The van der Waals surface area contributed by atoms with Gasteiger partial charge in [-0.2, -0.15) is 0 Å². The van der Waals surface area contributed by atoms with E-state index in [1.165, 1.54) is 15.4 Å². The van der Waals surface area contributed by atoms with Gasteiger partial charge in [0.15, 0.2) is 0 Å². The Bertz CT molecular complexity index is 544. The number of fused-ring (bicyclic) bond motifs is 1. The average Bonchev–Trinajstić information content (AvgIpc) is 2.80. The Morgan fingerprint density at radius 1 is 1.22 bits per heavy atom. The van der Waals surface area contributed by atoms with E-state index < -0.39 is 0 Å². The van der Waals surface area contributed by atoms with Crippen molar-refractivity contribution in [1.29, 1.82) is 0 Å². The molecule has 0 saturated carbocycles. The van der Waals surface area contributed by atoms with Crippen LogP contribution in [0.2, 0.25) is 5.02 Å². The first kappa shape index (κ1) is 11.5. The summed E-state index contributed by atoms with van der Waals surface area (Å²) >= 11 is 5.96. The molecule has 1 heterocycles. The van der Waals surface area contributed by atoms with E-state index >= 15 is 0 Å². The van der Waals surface area contributed by atoms with Gasteiger partial charge in [0, 0.05) is 18.1 Å². The number of likely N-dealkylation sites (N-methyl/N-ethyl adjacent to an activating group) is 1. The van der Waals surface area contributed by atoms with Crippen molar-refractivity contribution in [3.8, 4) is 0 Å². The highest BCUT2D eigenvalue weighted by Crippen LogP contribution is 2.29. The number of amides is 3. The van der Waals surface area contributed by atoms with Gasteiger partial charge in [-0.05, 0) is 36.1 Å². The molecule has 1 aromatic carbocycles. The fourth-order valence-corrected chi connectivity index (χ4v) is 2.94. The van der Waals surface area contributed by atoms with E-state index in [2.05, 4.69) is 0 Å². The maximum Gasteiger partial charge on any atom is 0.327 e. The molecule has 3 rings (SSSR count). The summed E-state index contributed by atoms with van der Waals surface area (Å²) in [7, 11) is 1.65. The summed E-state index contributed by atoms with van der Waals surface area (Å²) in [5.41, 5.74) is 2.32. The third-order valence-electron chi connectivity index (χ3n) is 3.62. The van der Waals surface area contributed by atoms with Gasteiger partial charge in [-0.25, -0.2) is 4.79 Å². The second-order valence-corrected chi connectivity index (χ2v) is 5.31. The maximum atomic E-state index is 11.9. The molecule has 0 aromatic heterocycles. The van der Waals surface area contributed by atoms with Crippen molar-refractivity contribution in [3.63, 3.8) is 0 Å². The first-order valence-electron chi connectivity index (χ1n) is 5.90. The van der Waals surface area contributed by atoms with Crippen molar-refractivity contribution in [2.45, 2.75) is 18.9 Å². The van der Waals surface area contributed by atoms with Gasteiger partial charge < -0.3 is 4.90 Å². The molecule has 1 unspecified atom stereocenters. The van der Waals surface area contributed by atoms with Crippen molar-refractivity contribution in [2.24, 2.45) is 0 Å². The molecular formula is C13H13ClN2O2. The van der Waals surface area contributed by atoms with Gasteiger partial charge in [0.05, 0.1) is 0 Å². The van der Waals surface area contributed by atoms with Gasteiger partial charge in [-0.3, -0.25) is 9.69 Å². The molecule has 0 spiro atoms. The van der Waals surface area contributed by atoms with E-state index in [1.807, 2.05) is 18.2 Å². The van der Waals surface area contributed by atoms with Gasteiger partial charge >= 0.3 is 6.03 Å². The van der Waals surface area contributed by atoms with Crippen LogP contribution in [0.1, 0.15) is 11.1 Å². The minimum atomic E-state index is -0.191. The SMILES string of the molecule is CN1CC(=O)N(C2Cc3ccc(Cl)cc3C2)C1=O. The predicted molar refractivity (Wildman–Crippen MR) is 67.5 cm³/mol. The summed E-state index contributed by atoms with van der Waals surface area (Å²) in [5, 5.41) is 0.700. The summed E-state index contributed by atoms with van der Waals surface area (Å²) in [4.78, 5) is 26.6. The van der Waals surface area contributed by atoms with Crippen LogP contribution in [0.3, 0.4) is 0 Å². The molecule has 1 aliphatic heterocycles. The Morgan fingerprint density at radius 2 is 1.94 bits per heavy atom. The number of urea groups is 1. The van der Waals surface area contributed by atoms with Crippen molar-refractivity contribution in [1.82, 2.24) is 9.80 Å². The third kappa shape index (κ3) is 1.68. The fourth-order valence-electron chi connectivity index (χ4n) is 2.74.